The molecule has 0 amide bonds. The topological polar surface area (TPSA) is 47.4 Å². The molecule has 4 nitrogen and oxygen atoms in total. The zero-order valence-corrected chi connectivity index (χ0v) is 10.1. The van der Waals surface area contributed by atoms with Crippen molar-refractivity contribution in [2.75, 3.05) is 7.11 Å². The Kier molecular flexibility index (Phi) is 3.30. The van der Waals surface area contributed by atoms with Crippen molar-refractivity contribution in [1.29, 1.82) is 0 Å². The molecule has 0 unspecified atom stereocenters. The number of halogens is 1. The van der Waals surface area contributed by atoms with Gasteiger partial charge < -0.3 is 4.74 Å². The molecule has 0 radical (unpaired) electrons. The van der Waals surface area contributed by atoms with Gasteiger partial charge in [0.05, 0.1) is 7.11 Å². The lowest BCUT2D eigenvalue weighted by atomic mass is 10.4. The van der Waals surface area contributed by atoms with Crippen LogP contribution in [-0.4, -0.2) is 16.5 Å². The quantitative estimate of drug-likeness (QED) is 0.779. The normalized spacial score (nSPS) is 11.7. The molecule has 7 heteroatoms. The average Bonchev–Trinajstić information content (AvgIpc) is 2.65. The van der Waals surface area contributed by atoms with Crippen molar-refractivity contribution in [3.63, 3.8) is 0 Å². The summed E-state index contributed by atoms with van der Waals surface area (Å²) in [5, 5.41) is 0.401. The minimum Gasteiger partial charge on any atom is -0.493 e. The van der Waals surface area contributed by atoms with Gasteiger partial charge in [0.25, 0.3) is 0 Å². The Labute approximate surface area is 98.4 Å². The summed E-state index contributed by atoms with van der Waals surface area (Å²) in [7, 11) is 4.27. The molecule has 2 heterocycles. The SMILES string of the molecule is COc1cccnc1/N=c1\ssnc1Cl. The summed E-state index contributed by atoms with van der Waals surface area (Å²) in [4.78, 5) is 8.37. The molecule has 2 rings (SSSR count). The van der Waals surface area contributed by atoms with E-state index >= 15 is 0 Å². The lowest BCUT2D eigenvalue weighted by Crippen LogP contribution is -1.95. The summed E-state index contributed by atoms with van der Waals surface area (Å²) in [6, 6.07) is 3.58. The van der Waals surface area contributed by atoms with Crippen LogP contribution in [-0.2, 0) is 0 Å². The van der Waals surface area contributed by atoms with E-state index in [1.807, 2.05) is 0 Å². The predicted octanol–water partition coefficient (Wildman–Crippen LogP) is 2.49. The zero-order chi connectivity index (χ0) is 10.7. The number of nitrogens with zero attached hydrogens (tertiary/aromatic N) is 3. The maximum Gasteiger partial charge on any atom is 0.196 e. The van der Waals surface area contributed by atoms with Gasteiger partial charge in [-0.05, 0) is 22.5 Å². The van der Waals surface area contributed by atoms with Crippen molar-refractivity contribution in [2.45, 2.75) is 0 Å². The summed E-state index contributed by atoms with van der Waals surface area (Å²) in [5.41, 5.74) is 0. The standard InChI is InChI=1S/C8H6ClN3OS2/c1-13-5-3-2-4-10-7(5)11-8-6(9)12-15-14-8/h2-4H,1H3/b11-8-. The van der Waals surface area contributed by atoms with Gasteiger partial charge in [-0.2, -0.15) is 4.37 Å². The van der Waals surface area contributed by atoms with Gasteiger partial charge in [-0.25, -0.2) is 9.98 Å². The molecule has 2 aromatic rings. The zero-order valence-electron chi connectivity index (χ0n) is 7.68. The van der Waals surface area contributed by atoms with Crippen LogP contribution in [0, 0.1) is 0 Å². The number of hydrogen-bond donors (Lipinski definition) is 0. The van der Waals surface area contributed by atoms with Crippen molar-refractivity contribution in [3.05, 3.63) is 28.2 Å². The smallest absolute Gasteiger partial charge is 0.196 e. The third-order valence-electron chi connectivity index (χ3n) is 1.59. The minimum atomic E-state index is 0.401. The molecule has 15 heavy (non-hydrogen) atoms. The lowest BCUT2D eigenvalue weighted by Gasteiger charge is -2.00. The van der Waals surface area contributed by atoms with Gasteiger partial charge in [0.15, 0.2) is 21.4 Å². The predicted molar refractivity (Wildman–Crippen MR) is 61.0 cm³/mol. The molecule has 0 bridgehead atoms. The highest BCUT2D eigenvalue weighted by Crippen LogP contribution is 2.23. The molecule has 0 spiro atoms. The molecule has 0 atom stereocenters. The molecule has 2 aromatic heterocycles. The van der Waals surface area contributed by atoms with Crippen LogP contribution in [0.3, 0.4) is 0 Å². The van der Waals surface area contributed by atoms with Crippen molar-refractivity contribution in [3.8, 4) is 5.75 Å². The fourth-order valence-corrected chi connectivity index (χ4v) is 2.92. The third kappa shape index (κ3) is 2.34. The molecule has 0 aliphatic rings. The first-order valence-corrected chi connectivity index (χ1v) is 6.45. The van der Waals surface area contributed by atoms with E-state index in [9.17, 15) is 0 Å². The van der Waals surface area contributed by atoms with Gasteiger partial charge in [0.1, 0.15) is 0 Å². The highest BCUT2D eigenvalue weighted by Gasteiger charge is 2.03. The summed E-state index contributed by atoms with van der Waals surface area (Å²) in [6.45, 7) is 0. The maximum absolute atomic E-state index is 5.83. The van der Waals surface area contributed by atoms with Crippen LogP contribution in [0.4, 0.5) is 5.82 Å². The maximum atomic E-state index is 5.83. The van der Waals surface area contributed by atoms with Crippen molar-refractivity contribution in [1.82, 2.24) is 9.36 Å². The van der Waals surface area contributed by atoms with Crippen LogP contribution in [0.15, 0.2) is 23.3 Å². The molecule has 0 aliphatic carbocycles. The van der Waals surface area contributed by atoms with Gasteiger partial charge in [-0.15, -0.1) is 0 Å². The summed E-state index contributed by atoms with van der Waals surface area (Å²) in [5.74, 6) is 1.13. The van der Waals surface area contributed by atoms with Gasteiger partial charge in [-0.1, -0.05) is 11.6 Å². The Morgan fingerprint density at radius 2 is 2.40 bits per heavy atom. The van der Waals surface area contributed by atoms with Crippen LogP contribution < -0.4 is 9.41 Å². The second kappa shape index (κ2) is 4.69. The number of ether oxygens (including phenoxy) is 1. The van der Waals surface area contributed by atoms with E-state index in [0.29, 0.717) is 21.4 Å². The van der Waals surface area contributed by atoms with Crippen molar-refractivity contribution in [2.24, 2.45) is 4.99 Å². The van der Waals surface area contributed by atoms with E-state index in [-0.39, 0.29) is 0 Å². The highest BCUT2D eigenvalue weighted by atomic mass is 35.5. The Balaban J connectivity index is 2.52. The van der Waals surface area contributed by atoms with Crippen molar-refractivity contribution >= 4 is 38.3 Å². The second-order valence-corrected chi connectivity index (χ2v) is 4.68. The van der Waals surface area contributed by atoms with Gasteiger partial charge in [0.2, 0.25) is 0 Å². The molecule has 0 saturated heterocycles. The van der Waals surface area contributed by atoms with Crippen LogP contribution in [0.5, 0.6) is 5.75 Å². The van der Waals surface area contributed by atoms with E-state index < -0.39 is 0 Å². The Morgan fingerprint density at radius 3 is 3.07 bits per heavy atom. The van der Waals surface area contributed by atoms with E-state index in [4.69, 9.17) is 16.3 Å². The molecule has 0 aliphatic heterocycles. The van der Waals surface area contributed by atoms with Gasteiger partial charge in [0, 0.05) is 16.7 Å². The van der Waals surface area contributed by atoms with E-state index in [2.05, 4.69) is 14.3 Å². The van der Waals surface area contributed by atoms with Crippen LogP contribution in [0.2, 0.25) is 5.15 Å². The van der Waals surface area contributed by atoms with Crippen LogP contribution >= 0.6 is 32.5 Å². The number of rotatable bonds is 2. The molecule has 78 valence electrons. The Morgan fingerprint density at radius 1 is 1.53 bits per heavy atom. The van der Waals surface area contributed by atoms with Gasteiger partial charge >= 0.3 is 0 Å². The largest absolute Gasteiger partial charge is 0.493 e. The summed E-state index contributed by atoms with van der Waals surface area (Å²) < 4.78 is 9.71. The number of hydrogen-bond acceptors (Lipinski definition) is 6. The lowest BCUT2D eigenvalue weighted by molar-refractivity contribution is 0.414. The van der Waals surface area contributed by atoms with Crippen LogP contribution in [0.25, 0.3) is 0 Å². The van der Waals surface area contributed by atoms with E-state index in [1.165, 1.54) is 20.9 Å². The Bertz CT molecular complexity index is 522. The summed E-state index contributed by atoms with van der Waals surface area (Å²) in [6.07, 6.45) is 1.65. The van der Waals surface area contributed by atoms with E-state index in [0.717, 1.165) is 0 Å². The first-order valence-electron chi connectivity index (χ1n) is 3.96. The molecular weight excluding hydrogens is 254 g/mol. The molecule has 0 fully saturated rings. The second-order valence-electron chi connectivity index (χ2n) is 2.49. The van der Waals surface area contributed by atoms with Gasteiger partial charge in [-0.3, -0.25) is 0 Å². The first-order chi connectivity index (χ1) is 7.31. The molecule has 0 aromatic carbocycles. The van der Waals surface area contributed by atoms with E-state index in [1.54, 1.807) is 25.4 Å². The van der Waals surface area contributed by atoms with Crippen molar-refractivity contribution < 1.29 is 4.74 Å². The first kappa shape index (κ1) is 10.5. The third-order valence-corrected chi connectivity index (χ3v) is 3.76. The molecule has 0 saturated carbocycles. The Hall–Kier alpha value is -0.980. The number of aromatic nitrogens is 2. The average molecular weight is 260 g/mol. The van der Waals surface area contributed by atoms with Crippen LogP contribution in [0.1, 0.15) is 0 Å². The fourth-order valence-electron chi connectivity index (χ4n) is 0.947. The molecular formula is C8H6ClN3OS2. The molecule has 0 N–H and O–H groups in total. The number of pyridine rings is 1. The monoisotopic (exact) mass is 259 g/mol. The minimum absolute atomic E-state index is 0.401. The number of methoxy groups -OCH3 is 1. The highest BCUT2D eigenvalue weighted by molar-refractivity contribution is 7.66. The fraction of sp³-hybridized carbons (Fsp3) is 0.125. The summed E-state index contributed by atoms with van der Waals surface area (Å²) >= 11 is 5.83.